The fraction of sp³-hybridized carbons (Fsp3) is 0.286. The van der Waals surface area contributed by atoms with Gasteiger partial charge in [0.2, 0.25) is 5.82 Å². The second-order valence-corrected chi connectivity index (χ2v) is 4.10. The van der Waals surface area contributed by atoms with Crippen molar-refractivity contribution in [1.82, 2.24) is 9.97 Å². The lowest BCUT2D eigenvalue weighted by molar-refractivity contribution is 0.315. The quantitative estimate of drug-likeness (QED) is 0.909. The third-order valence-electron chi connectivity index (χ3n) is 2.68. The Morgan fingerprint density at radius 3 is 2.75 bits per heavy atom. The van der Waals surface area contributed by atoms with E-state index in [0.29, 0.717) is 24.7 Å². The first-order chi connectivity index (χ1) is 9.65. The molecule has 6 heteroatoms. The van der Waals surface area contributed by atoms with E-state index in [4.69, 9.17) is 15.2 Å². The van der Waals surface area contributed by atoms with Gasteiger partial charge in [0.25, 0.3) is 5.88 Å². The van der Waals surface area contributed by atoms with Crippen LogP contribution in [0.4, 0.5) is 4.39 Å². The van der Waals surface area contributed by atoms with Gasteiger partial charge in [0.1, 0.15) is 6.33 Å². The second-order valence-electron chi connectivity index (χ2n) is 4.10. The van der Waals surface area contributed by atoms with Gasteiger partial charge in [-0.05, 0) is 31.5 Å². The van der Waals surface area contributed by atoms with Gasteiger partial charge >= 0.3 is 0 Å². The zero-order valence-corrected chi connectivity index (χ0v) is 11.4. The van der Waals surface area contributed by atoms with Crippen LogP contribution in [-0.4, -0.2) is 16.6 Å². The molecule has 2 aromatic rings. The van der Waals surface area contributed by atoms with E-state index in [0.717, 1.165) is 5.56 Å². The van der Waals surface area contributed by atoms with Crippen molar-refractivity contribution in [3.63, 3.8) is 0 Å². The van der Waals surface area contributed by atoms with Crippen molar-refractivity contribution >= 4 is 0 Å². The summed E-state index contributed by atoms with van der Waals surface area (Å²) in [7, 11) is 0. The molecule has 0 aliphatic rings. The highest BCUT2D eigenvalue weighted by Gasteiger charge is 2.13. The van der Waals surface area contributed by atoms with E-state index < -0.39 is 5.82 Å². The molecular weight excluding hydrogens is 261 g/mol. The molecule has 106 valence electrons. The predicted molar refractivity (Wildman–Crippen MR) is 72.3 cm³/mol. The highest BCUT2D eigenvalue weighted by atomic mass is 19.1. The topological polar surface area (TPSA) is 70.3 Å². The lowest BCUT2D eigenvalue weighted by atomic mass is 10.2. The molecule has 1 aromatic heterocycles. The zero-order chi connectivity index (χ0) is 14.5. The maximum absolute atomic E-state index is 13.8. The normalized spacial score (nSPS) is 10.4. The van der Waals surface area contributed by atoms with Crippen LogP contribution in [-0.2, 0) is 6.54 Å². The van der Waals surface area contributed by atoms with Gasteiger partial charge in [-0.25, -0.2) is 4.98 Å². The Kier molecular flexibility index (Phi) is 4.47. The minimum atomic E-state index is -0.585. The minimum absolute atomic E-state index is 0.126. The van der Waals surface area contributed by atoms with Crippen molar-refractivity contribution in [3.8, 4) is 17.4 Å². The van der Waals surface area contributed by atoms with Crippen molar-refractivity contribution in [2.24, 2.45) is 5.73 Å². The van der Waals surface area contributed by atoms with Crippen LogP contribution in [0.15, 0.2) is 24.5 Å². The maximum atomic E-state index is 13.8. The van der Waals surface area contributed by atoms with E-state index in [1.807, 2.05) is 6.92 Å². The Morgan fingerprint density at radius 2 is 2.05 bits per heavy atom. The van der Waals surface area contributed by atoms with Crippen LogP contribution in [0.1, 0.15) is 18.2 Å². The molecule has 5 nitrogen and oxygen atoms in total. The predicted octanol–water partition coefficient (Wildman–Crippen LogP) is 2.57. The first kappa shape index (κ1) is 14.2. The number of aryl methyl sites for hydroxylation is 1. The van der Waals surface area contributed by atoms with E-state index in [2.05, 4.69) is 9.97 Å². The van der Waals surface area contributed by atoms with Crippen LogP contribution in [0, 0.1) is 12.7 Å². The average Bonchev–Trinajstić information content (AvgIpc) is 2.46. The van der Waals surface area contributed by atoms with Gasteiger partial charge in [-0.15, -0.1) is 0 Å². The number of hydrogen-bond acceptors (Lipinski definition) is 5. The Bertz CT molecular complexity index is 605. The Morgan fingerprint density at radius 1 is 1.25 bits per heavy atom. The van der Waals surface area contributed by atoms with Crippen molar-refractivity contribution in [1.29, 1.82) is 0 Å². The highest BCUT2D eigenvalue weighted by Crippen LogP contribution is 2.32. The van der Waals surface area contributed by atoms with E-state index in [1.54, 1.807) is 25.1 Å². The summed E-state index contributed by atoms with van der Waals surface area (Å²) in [6.45, 7) is 4.26. The zero-order valence-electron chi connectivity index (χ0n) is 11.4. The first-order valence-electron chi connectivity index (χ1n) is 6.26. The molecule has 0 aliphatic heterocycles. The summed E-state index contributed by atoms with van der Waals surface area (Å²) in [5.74, 6) is 0.184. The molecular formula is C14H16FN3O2. The van der Waals surface area contributed by atoms with Gasteiger partial charge in [0, 0.05) is 6.54 Å². The monoisotopic (exact) mass is 277 g/mol. The summed E-state index contributed by atoms with van der Waals surface area (Å²) in [5.41, 5.74) is 6.72. The molecule has 0 unspecified atom stereocenters. The maximum Gasteiger partial charge on any atom is 0.259 e. The van der Waals surface area contributed by atoms with Crippen LogP contribution in [0.5, 0.6) is 17.4 Å². The summed E-state index contributed by atoms with van der Waals surface area (Å²) < 4.78 is 24.8. The standard InChI is InChI=1S/C14H16FN3O2/c1-3-19-12-6-10(7-16)4-5-11(12)20-14-13(15)9(2)17-8-18-14/h4-6,8H,3,7,16H2,1-2H3. The average molecular weight is 277 g/mol. The van der Waals surface area contributed by atoms with Crippen molar-refractivity contribution in [3.05, 3.63) is 41.6 Å². The molecule has 0 saturated heterocycles. The number of rotatable bonds is 5. The molecule has 2 N–H and O–H groups in total. The van der Waals surface area contributed by atoms with E-state index >= 15 is 0 Å². The number of halogens is 1. The summed E-state index contributed by atoms with van der Waals surface area (Å²) in [5, 5.41) is 0. The SMILES string of the molecule is CCOc1cc(CN)ccc1Oc1ncnc(C)c1F. The van der Waals surface area contributed by atoms with E-state index in [1.165, 1.54) is 6.33 Å². The molecule has 0 radical (unpaired) electrons. The largest absolute Gasteiger partial charge is 0.490 e. The Labute approximate surface area is 116 Å². The van der Waals surface area contributed by atoms with Crippen molar-refractivity contribution < 1.29 is 13.9 Å². The van der Waals surface area contributed by atoms with Crippen molar-refractivity contribution in [2.75, 3.05) is 6.61 Å². The third kappa shape index (κ3) is 3.03. The van der Waals surface area contributed by atoms with Gasteiger partial charge in [0.05, 0.1) is 12.3 Å². The molecule has 1 aromatic carbocycles. The number of nitrogens with zero attached hydrogens (tertiary/aromatic N) is 2. The van der Waals surface area contributed by atoms with Crippen LogP contribution in [0.25, 0.3) is 0 Å². The van der Waals surface area contributed by atoms with E-state index in [9.17, 15) is 4.39 Å². The highest BCUT2D eigenvalue weighted by molar-refractivity contribution is 5.44. The Hall–Kier alpha value is -2.21. The van der Waals surface area contributed by atoms with Gasteiger partial charge in [0.15, 0.2) is 11.5 Å². The molecule has 20 heavy (non-hydrogen) atoms. The summed E-state index contributed by atoms with van der Waals surface area (Å²) >= 11 is 0. The number of benzene rings is 1. The van der Waals surface area contributed by atoms with Crippen LogP contribution < -0.4 is 15.2 Å². The third-order valence-corrected chi connectivity index (χ3v) is 2.68. The number of nitrogens with two attached hydrogens (primary N) is 1. The molecule has 2 rings (SSSR count). The lowest BCUT2D eigenvalue weighted by Crippen LogP contribution is -2.02. The minimum Gasteiger partial charge on any atom is -0.490 e. The molecule has 0 spiro atoms. The lowest BCUT2D eigenvalue weighted by Gasteiger charge is -2.12. The first-order valence-corrected chi connectivity index (χ1v) is 6.26. The molecule has 0 bridgehead atoms. The number of hydrogen-bond donors (Lipinski definition) is 1. The summed E-state index contributed by atoms with van der Waals surface area (Å²) in [6.07, 6.45) is 1.25. The fourth-order valence-corrected chi connectivity index (χ4v) is 1.64. The molecule has 0 atom stereocenters. The van der Waals surface area contributed by atoms with Gasteiger partial charge < -0.3 is 15.2 Å². The number of aromatic nitrogens is 2. The molecule has 0 aliphatic carbocycles. The smallest absolute Gasteiger partial charge is 0.259 e. The second kappa shape index (κ2) is 6.29. The van der Waals surface area contributed by atoms with Crippen molar-refractivity contribution in [2.45, 2.75) is 20.4 Å². The molecule has 0 amide bonds. The Balaban J connectivity index is 2.34. The molecule has 0 fully saturated rings. The van der Waals surface area contributed by atoms with Gasteiger partial charge in [-0.2, -0.15) is 9.37 Å². The fourth-order valence-electron chi connectivity index (χ4n) is 1.64. The van der Waals surface area contributed by atoms with Gasteiger partial charge in [-0.3, -0.25) is 0 Å². The molecule has 1 heterocycles. The summed E-state index contributed by atoms with van der Waals surface area (Å²) in [6, 6.07) is 5.25. The van der Waals surface area contributed by atoms with Crippen LogP contribution >= 0.6 is 0 Å². The van der Waals surface area contributed by atoms with E-state index in [-0.39, 0.29) is 11.6 Å². The van der Waals surface area contributed by atoms with Crippen LogP contribution in [0.2, 0.25) is 0 Å². The number of ether oxygens (including phenoxy) is 2. The summed E-state index contributed by atoms with van der Waals surface area (Å²) in [4.78, 5) is 7.54. The van der Waals surface area contributed by atoms with Gasteiger partial charge in [-0.1, -0.05) is 6.07 Å². The van der Waals surface area contributed by atoms with Crippen LogP contribution in [0.3, 0.4) is 0 Å². The molecule has 0 saturated carbocycles.